The number of pyridine rings is 1. The van der Waals surface area contributed by atoms with Gasteiger partial charge in [-0.1, -0.05) is 110 Å². The molecular weight excluding hydrogens is 831 g/mol. The summed E-state index contributed by atoms with van der Waals surface area (Å²) in [5.41, 5.74) is 14.9. The molecule has 0 aliphatic carbocycles. The fourth-order valence-electron chi connectivity index (χ4n) is 10.1. The van der Waals surface area contributed by atoms with Gasteiger partial charge in [0.15, 0.2) is 0 Å². The number of hydrogen-bond donors (Lipinski definition) is 0. The molecule has 7 aromatic carbocycles. The normalized spacial score (nSPS) is 12.7. The molecule has 9 aromatic rings. The van der Waals surface area contributed by atoms with Crippen molar-refractivity contribution < 1.29 is 13.5 Å². The number of para-hydroxylation sites is 3. The first-order valence-corrected chi connectivity index (χ1v) is 23.5. The van der Waals surface area contributed by atoms with Crippen LogP contribution in [0.3, 0.4) is 0 Å². The molecule has 5 nitrogen and oxygen atoms in total. The Balaban J connectivity index is 1.14. The molecule has 0 radical (unpaired) electrons. The largest absolute Gasteiger partial charge is 0.457 e. The Morgan fingerprint density at radius 1 is 0.478 bits per heavy atom. The average molecular weight is 887 g/mol. The lowest BCUT2D eigenvalue weighted by atomic mass is 9.85. The Morgan fingerprint density at radius 3 is 1.72 bits per heavy atom. The third-order valence-electron chi connectivity index (χ3n) is 13.2. The first kappa shape index (κ1) is 43.6. The minimum absolute atomic E-state index is 0.117. The van der Waals surface area contributed by atoms with E-state index in [1.165, 1.54) is 28.8 Å². The van der Waals surface area contributed by atoms with Gasteiger partial charge in [0.25, 0.3) is 0 Å². The molecule has 0 saturated heterocycles. The summed E-state index contributed by atoms with van der Waals surface area (Å²) in [6.07, 6.45) is 1.83. The zero-order chi connectivity index (χ0) is 46.7. The van der Waals surface area contributed by atoms with Crippen molar-refractivity contribution in [1.29, 1.82) is 0 Å². The molecule has 0 bridgehead atoms. The SMILES string of the molecule is CC(C)c1cccc(C(C)C)c1-c1cc(Oc2ccc3c4ccccc4n(-c4ccccn4)c3c2)cc(N2CN(c3c(C(C)C)cc(-c4cc(F)cc(F)c4)cc3C(C)C)c3ccccc32)c1. The van der Waals surface area contributed by atoms with Gasteiger partial charge in [0, 0.05) is 46.5 Å². The molecule has 0 saturated carbocycles. The fourth-order valence-corrected chi connectivity index (χ4v) is 10.1. The Hall–Kier alpha value is -7.25. The zero-order valence-corrected chi connectivity index (χ0v) is 39.5. The molecule has 1 aliphatic rings. The molecule has 1 aliphatic heterocycles. The van der Waals surface area contributed by atoms with Crippen LogP contribution in [0.5, 0.6) is 11.5 Å². The molecule has 336 valence electrons. The third-order valence-corrected chi connectivity index (χ3v) is 13.2. The summed E-state index contributed by atoms with van der Waals surface area (Å²) in [7, 11) is 0. The van der Waals surface area contributed by atoms with Crippen LogP contribution in [0.1, 0.15) is 101 Å². The minimum atomic E-state index is -0.587. The summed E-state index contributed by atoms with van der Waals surface area (Å²) >= 11 is 0. The standard InChI is InChI=1S/C60H56F2N4O/c1-36(2)48-17-15-18-49(37(3)4)59(48)42-28-45(33-47(29-42)67-46-23-24-51-50-16-9-10-19-54(50)66(57(51)34-46)58-22-13-14-25-63-58)64-35-65(56-21-12-11-20-55(56)64)60-52(38(5)6)30-41(31-53(60)39(7)8)40-26-43(61)32-44(62)27-40/h9-34,36-39H,35H2,1-8H3. The highest BCUT2D eigenvalue weighted by atomic mass is 19.1. The van der Waals surface area contributed by atoms with E-state index in [4.69, 9.17) is 9.72 Å². The van der Waals surface area contributed by atoms with Gasteiger partial charge >= 0.3 is 0 Å². The molecule has 0 N–H and O–H groups in total. The van der Waals surface area contributed by atoms with Gasteiger partial charge in [-0.3, -0.25) is 4.57 Å². The van der Waals surface area contributed by atoms with Crippen molar-refractivity contribution in [1.82, 2.24) is 9.55 Å². The van der Waals surface area contributed by atoms with E-state index in [1.807, 2.05) is 24.4 Å². The van der Waals surface area contributed by atoms with Gasteiger partial charge in [-0.15, -0.1) is 0 Å². The molecule has 7 heteroatoms. The zero-order valence-electron chi connectivity index (χ0n) is 39.5. The monoisotopic (exact) mass is 886 g/mol. The van der Waals surface area contributed by atoms with E-state index in [0.29, 0.717) is 12.2 Å². The lowest BCUT2D eigenvalue weighted by molar-refractivity contribution is 0.483. The molecule has 0 amide bonds. The maximum absolute atomic E-state index is 14.7. The highest BCUT2D eigenvalue weighted by molar-refractivity contribution is 6.09. The number of benzene rings is 7. The van der Waals surface area contributed by atoms with Gasteiger partial charge in [-0.2, -0.15) is 0 Å². The Morgan fingerprint density at radius 2 is 1.07 bits per heavy atom. The highest BCUT2D eigenvalue weighted by Crippen LogP contribution is 2.51. The lowest BCUT2D eigenvalue weighted by Gasteiger charge is -2.30. The molecule has 67 heavy (non-hydrogen) atoms. The number of fused-ring (bicyclic) bond motifs is 4. The molecule has 10 rings (SSSR count). The van der Waals surface area contributed by atoms with E-state index in [9.17, 15) is 8.78 Å². The maximum Gasteiger partial charge on any atom is 0.137 e. The van der Waals surface area contributed by atoms with Crippen molar-refractivity contribution in [2.24, 2.45) is 0 Å². The van der Waals surface area contributed by atoms with E-state index in [2.05, 4.69) is 185 Å². The molecule has 0 spiro atoms. The van der Waals surface area contributed by atoms with E-state index < -0.39 is 11.6 Å². The van der Waals surface area contributed by atoms with Crippen LogP contribution in [0, 0.1) is 11.6 Å². The lowest BCUT2D eigenvalue weighted by Crippen LogP contribution is -2.26. The van der Waals surface area contributed by atoms with Crippen LogP contribution in [0.4, 0.5) is 31.5 Å². The van der Waals surface area contributed by atoms with Gasteiger partial charge in [-0.05, 0) is 147 Å². The highest BCUT2D eigenvalue weighted by Gasteiger charge is 2.33. The van der Waals surface area contributed by atoms with Crippen LogP contribution in [-0.2, 0) is 0 Å². The van der Waals surface area contributed by atoms with Crippen LogP contribution in [-0.4, -0.2) is 16.2 Å². The van der Waals surface area contributed by atoms with E-state index >= 15 is 0 Å². The van der Waals surface area contributed by atoms with Crippen molar-refractivity contribution in [3.63, 3.8) is 0 Å². The number of rotatable bonds is 11. The van der Waals surface area contributed by atoms with Gasteiger partial charge in [-0.25, -0.2) is 13.8 Å². The van der Waals surface area contributed by atoms with Crippen molar-refractivity contribution in [2.75, 3.05) is 16.5 Å². The number of hydrogen-bond acceptors (Lipinski definition) is 4. The minimum Gasteiger partial charge on any atom is -0.457 e. The summed E-state index contributed by atoms with van der Waals surface area (Å²) in [4.78, 5) is 9.59. The maximum atomic E-state index is 14.7. The third kappa shape index (κ3) is 8.00. The molecule has 0 atom stereocenters. The van der Waals surface area contributed by atoms with Crippen LogP contribution in [0.2, 0.25) is 0 Å². The summed E-state index contributed by atoms with van der Waals surface area (Å²) in [5.74, 6) is 1.93. The predicted molar refractivity (Wildman–Crippen MR) is 274 cm³/mol. The van der Waals surface area contributed by atoms with Crippen LogP contribution in [0.25, 0.3) is 49.9 Å². The van der Waals surface area contributed by atoms with Gasteiger partial charge < -0.3 is 14.5 Å². The second kappa shape index (κ2) is 17.5. The van der Waals surface area contributed by atoms with Crippen LogP contribution in [0.15, 0.2) is 158 Å². The van der Waals surface area contributed by atoms with Crippen molar-refractivity contribution >= 4 is 44.6 Å². The predicted octanol–water partition coefficient (Wildman–Crippen LogP) is 17.3. The Labute approximate surface area is 392 Å². The number of ether oxygens (including phenoxy) is 1. The van der Waals surface area contributed by atoms with E-state index in [1.54, 1.807) is 0 Å². The number of aromatic nitrogens is 2. The first-order valence-electron chi connectivity index (χ1n) is 23.5. The van der Waals surface area contributed by atoms with Crippen molar-refractivity contribution in [3.05, 3.63) is 192 Å². The van der Waals surface area contributed by atoms with Gasteiger partial charge in [0.1, 0.15) is 35.6 Å². The fraction of sp³-hybridized carbons (Fsp3) is 0.217. The molecule has 2 aromatic heterocycles. The number of halogens is 2. The summed E-state index contributed by atoms with van der Waals surface area (Å²) < 4.78 is 38.6. The number of nitrogens with zero attached hydrogens (tertiary/aromatic N) is 4. The van der Waals surface area contributed by atoms with Crippen LogP contribution >= 0.6 is 0 Å². The molecule has 3 heterocycles. The van der Waals surface area contributed by atoms with E-state index in [0.717, 1.165) is 90.2 Å². The van der Waals surface area contributed by atoms with Gasteiger partial charge in [0.2, 0.25) is 0 Å². The summed E-state index contributed by atoms with van der Waals surface area (Å²) in [6.45, 7) is 18.4. The topological polar surface area (TPSA) is 33.5 Å². The van der Waals surface area contributed by atoms with Crippen LogP contribution < -0.4 is 14.5 Å². The quantitative estimate of drug-likeness (QED) is 0.130. The second-order valence-corrected chi connectivity index (χ2v) is 19.1. The Bertz CT molecular complexity index is 3240. The first-order chi connectivity index (χ1) is 32.3. The average Bonchev–Trinajstić information content (AvgIpc) is 3.86. The Kier molecular flexibility index (Phi) is 11.4. The smallest absolute Gasteiger partial charge is 0.137 e. The van der Waals surface area contributed by atoms with Gasteiger partial charge in [0.05, 0.1) is 22.4 Å². The van der Waals surface area contributed by atoms with E-state index in [-0.39, 0.29) is 23.7 Å². The number of anilines is 4. The summed E-state index contributed by atoms with van der Waals surface area (Å²) in [5, 5.41) is 2.28. The molecule has 0 unspecified atom stereocenters. The summed E-state index contributed by atoms with van der Waals surface area (Å²) in [6, 6.07) is 50.9. The molecule has 0 fully saturated rings. The van der Waals surface area contributed by atoms with Crippen molar-refractivity contribution in [2.45, 2.75) is 79.1 Å². The molecular formula is C60H56F2N4O. The second-order valence-electron chi connectivity index (χ2n) is 19.1. The van der Waals surface area contributed by atoms with Crippen molar-refractivity contribution in [3.8, 4) is 39.6 Å².